The molecule has 21 heavy (non-hydrogen) atoms. The summed E-state index contributed by atoms with van der Waals surface area (Å²) in [6.45, 7) is 5.21. The molecule has 0 aromatic heterocycles. The second-order valence-corrected chi connectivity index (χ2v) is 7.81. The Kier molecular flexibility index (Phi) is 4.68. The van der Waals surface area contributed by atoms with Crippen LogP contribution in [0.4, 0.5) is 0 Å². The zero-order valence-corrected chi connectivity index (χ0v) is 13.5. The molecule has 1 aromatic carbocycles. The summed E-state index contributed by atoms with van der Waals surface area (Å²) in [6, 6.07) is 6.21. The highest BCUT2D eigenvalue weighted by Crippen LogP contribution is 2.26. The number of hydrogen-bond donors (Lipinski definition) is 1. The van der Waals surface area contributed by atoms with E-state index in [1.807, 2.05) is 0 Å². The highest BCUT2D eigenvalue weighted by molar-refractivity contribution is 7.89. The molecule has 1 aliphatic rings. The van der Waals surface area contributed by atoms with E-state index >= 15 is 0 Å². The van der Waals surface area contributed by atoms with Crippen molar-refractivity contribution in [2.45, 2.75) is 25.2 Å². The quantitative estimate of drug-likeness (QED) is 0.924. The van der Waals surface area contributed by atoms with Gasteiger partial charge in [0, 0.05) is 25.7 Å². The molecule has 0 unspecified atom stereocenters. The van der Waals surface area contributed by atoms with Gasteiger partial charge in [-0.3, -0.25) is 4.79 Å². The summed E-state index contributed by atoms with van der Waals surface area (Å²) in [5.41, 5.74) is 0.358. The summed E-state index contributed by atoms with van der Waals surface area (Å²) in [6.07, 6.45) is 1.05. The number of nitrogens with zero attached hydrogens (tertiary/aromatic N) is 1. The van der Waals surface area contributed by atoms with E-state index in [9.17, 15) is 13.2 Å². The standard InChI is InChI=1S/C15H22N2O3S/c1-11-7-12(2)10-17(9-11)21(19,20)14-6-4-5-13(8-14)15(18)16-3/h4-6,8,11-12H,7,9-10H2,1-3H3,(H,16,18)/t11-,12-/m1/s1. The molecule has 1 amide bonds. The number of sulfonamides is 1. The van der Waals surface area contributed by atoms with Crippen molar-refractivity contribution in [2.24, 2.45) is 11.8 Å². The number of benzene rings is 1. The van der Waals surface area contributed by atoms with E-state index in [0.717, 1.165) is 6.42 Å². The number of carbonyl (C=O) groups excluding carboxylic acids is 1. The van der Waals surface area contributed by atoms with Gasteiger partial charge in [-0.2, -0.15) is 4.31 Å². The van der Waals surface area contributed by atoms with Gasteiger partial charge in [0.25, 0.3) is 5.91 Å². The maximum Gasteiger partial charge on any atom is 0.251 e. The lowest BCUT2D eigenvalue weighted by atomic mass is 9.94. The second kappa shape index (κ2) is 6.15. The fourth-order valence-corrected chi connectivity index (χ4v) is 4.62. The molecule has 1 aromatic rings. The molecular formula is C15H22N2O3S. The number of carbonyl (C=O) groups is 1. The van der Waals surface area contributed by atoms with Gasteiger partial charge < -0.3 is 5.32 Å². The molecule has 0 radical (unpaired) electrons. The van der Waals surface area contributed by atoms with E-state index in [4.69, 9.17) is 0 Å². The van der Waals surface area contributed by atoms with Crippen LogP contribution in [-0.2, 0) is 10.0 Å². The van der Waals surface area contributed by atoms with Crippen LogP contribution in [0.2, 0.25) is 0 Å². The molecule has 1 fully saturated rings. The Balaban J connectivity index is 2.33. The summed E-state index contributed by atoms with van der Waals surface area (Å²) in [4.78, 5) is 11.8. The Hall–Kier alpha value is -1.40. The predicted molar refractivity (Wildman–Crippen MR) is 81.5 cm³/mol. The lowest BCUT2D eigenvalue weighted by Gasteiger charge is -2.34. The number of nitrogens with one attached hydrogen (secondary N) is 1. The summed E-state index contributed by atoms with van der Waals surface area (Å²) in [5, 5.41) is 2.51. The van der Waals surface area contributed by atoms with Crippen LogP contribution in [-0.4, -0.2) is 38.8 Å². The van der Waals surface area contributed by atoms with Crippen molar-refractivity contribution in [1.82, 2.24) is 9.62 Å². The highest BCUT2D eigenvalue weighted by atomic mass is 32.2. The molecule has 1 heterocycles. The fraction of sp³-hybridized carbons (Fsp3) is 0.533. The van der Waals surface area contributed by atoms with Crippen LogP contribution in [0.5, 0.6) is 0 Å². The Labute approximate surface area is 126 Å². The van der Waals surface area contributed by atoms with Crippen LogP contribution in [0, 0.1) is 11.8 Å². The number of hydrogen-bond acceptors (Lipinski definition) is 3. The molecule has 0 spiro atoms. The van der Waals surface area contributed by atoms with Crippen molar-refractivity contribution in [3.8, 4) is 0 Å². The smallest absolute Gasteiger partial charge is 0.251 e. The largest absolute Gasteiger partial charge is 0.355 e. The van der Waals surface area contributed by atoms with E-state index in [-0.39, 0.29) is 10.8 Å². The van der Waals surface area contributed by atoms with Gasteiger partial charge in [0.2, 0.25) is 10.0 Å². The zero-order chi connectivity index (χ0) is 15.6. The minimum absolute atomic E-state index is 0.185. The van der Waals surface area contributed by atoms with Gasteiger partial charge in [0.15, 0.2) is 0 Å². The topological polar surface area (TPSA) is 66.5 Å². The maximum absolute atomic E-state index is 12.7. The first-order chi connectivity index (χ1) is 9.84. The third kappa shape index (κ3) is 3.44. The van der Waals surface area contributed by atoms with Crippen molar-refractivity contribution < 1.29 is 13.2 Å². The van der Waals surface area contributed by atoms with Crippen LogP contribution in [0.25, 0.3) is 0 Å². The van der Waals surface area contributed by atoms with E-state index in [2.05, 4.69) is 19.2 Å². The Morgan fingerprint density at radius 2 is 1.86 bits per heavy atom. The predicted octanol–water partition coefficient (Wildman–Crippen LogP) is 1.71. The average molecular weight is 310 g/mol. The van der Waals surface area contributed by atoms with E-state index < -0.39 is 10.0 Å². The molecule has 5 nitrogen and oxygen atoms in total. The molecule has 116 valence electrons. The maximum atomic E-state index is 12.7. The molecule has 1 saturated heterocycles. The number of piperidine rings is 1. The summed E-state index contributed by atoms with van der Waals surface area (Å²) in [5.74, 6) is 0.420. The summed E-state index contributed by atoms with van der Waals surface area (Å²) >= 11 is 0. The lowest BCUT2D eigenvalue weighted by molar-refractivity contribution is 0.0963. The Morgan fingerprint density at radius 3 is 2.43 bits per heavy atom. The summed E-state index contributed by atoms with van der Waals surface area (Å²) in [7, 11) is -2.01. The zero-order valence-electron chi connectivity index (χ0n) is 12.7. The Morgan fingerprint density at radius 1 is 1.24 bits per heavy atom. The van der Waals surface area contributed by atoms with E-state index in [1.54, 1.807) is 18.2 Å². The first-order valence-electron chi connectivity index (χ1n) is 7.17. The molecule has 2 rings (SSSR count). The van der Waals surface area contributed by atoms with Crippen LogP contribution < -0.4 is 5.32 Å². The summed E-state index contributed by atoms with van der Waals surface area (Å²) < 4.78 is 27.0. The molecule has 1 aliphatic heterocycles. The van der Waals surface area contributed by atoms with Gasteiger partial charge in [-0.05, 0) is 36.5 Å². The third-order valence-electron chi connectivity index (χ3n) is 3.80. The molecule has 6 heteroatoms. The van der Waals surface area contributed by atoms with Crippen molar-refractivity contribution in [3.63, 3.8) is 0 Å². The van der Waals surface area contributed by atoms with Gasteiger partial charge >= 0.3 is 0 Å². The third-order valence-corrected chi connectivity index (χ3v) is 5.62. The van der Waals surface area contributed by atoms with Crippen LogP contribution in [0.3, 0.4) is 0 Å². The highest BCUT2D eigenvalue weighted by Gasteiger charge is 2.31. The van der Waals surface area contributed by atoms with Gasteiger partial charge in [-0.25, -0.2) is 8.42 Å². The van der Waals surface area contributed by atoms with Crippen LogP contribution in [0.15, 0.2) is 29.2 Å². The van der Waals surface area contributed by atoms with Gasteiger partial charge in [0.1, 0.15) is 0 Å². The minimum atomic E-state index is -3.54. The van der Waals surface area contributed by atoms with Gasteiger partial charge in [0.05, 0.1) is 4.90 Å². The first kappa shape index (κ1) is 16.0. The molecule has 2 atom stereocenters. The SMILES string of the molecule is CNC(=O)c1cccc(S(=O)(=O)N2C[C@H](C)C[C@@H](C)C2)c1. The van der Waals surface area contributed by atoms with Crippen molar-refractivity contribution in [3.05, 3.63) is 29.8 Å². The molecular weight excluding hydrogens is 288 g/mol. The fourth-order valence-electron chi connectivity index (χ4n) is 2.89. The van der Waals surface area contributed by atoms with Gasteiger partial charge in [-0.15, -0.1) is 0 Å². The van der Waals surface area contributed by atoms with Crippen molar-refractivity contribution in [1.29, 1.82) is 0 Å². The lowest BCUT2D eigenvalue weighted by Crippen LogP contribution is -2.42. The minimum Gasteiger partial charge on any atom is -0.355 e. The number of amides is 1. The van der Waals surface area contributed by atoms with Crippen LogP contribution >= 0.6 is 0 Å². The van der Waals surface area contributed by atoms with E-state index in [0.29, 0.717) is 30.5 Å². The van der Waals surface area contributed by atoms with Gasteiger partial charge in [-0.1, -0.05) is 19.9 Å². The molecule has 1 N–H and O–H groups in total. The van der Waals surface area contributed by atoms with Crippen molar-refractivity contribution >= 4 is 15.9 Å². The normalized spacial score (nSPS) is 23.8. The van der Waals surface area contributed by atoms with Crippen LogP contribution in [0.1, 0.15) is 30.6 Å². The van der Waals surface area contributed by atoms with Crippen molar-refractivity contribution in [2.75, 3.05) is 20.1 Å². The molecule has 0 bridgehead atoms. The Bertz CT molecular complexity index is 618. The second-order valence-electron chi connectivity index (χ2n) is 5.88. The first-order valence-corrected chi connectivity index (χ1v) is 8.61. The molecule has 0 saturated carbocycles. The number of rotatable bonds is 3. The monoisotopic (exact) mass is 310 g/mol. The molecule has 0 aliphatic carbocycles. The average Bonchev–Trinajstić information content (AvgIpc) is 2.45. The van der Waals surface area contributed by atoms with E-state index in [1.165, 1.54) is 17.4 Å².